The van der Waals surface area contributed by atoms with E-state index >= 15 is 0 Å². The summed E-state index contributed by atoms with van der Waals surface area (Å²) in [6.45, 7) is 4.27. The number of nitrogens with two attached hydrogens (primary N) is 1. The molecular weight excluding hydrogens is 270 g/mol. The second-order valence-electron chi connectivity index (χ2n) is 4.93. The lowest BCUT2D eigenvalue weighted by molar-refractivity contribution is 0.726. The van der Waals surface area contributed by atoms with E-state index in [-0.39, 0.29) is 0 Å². The Morgan fingerprint density at radius 3 is 2.70 bits per heavy atom. The number of aryl methyl sites for hydroxylation is 1. The summed E-state index contributed by atoms with van der Waals surface area (Å²) in [7, 11) is 0. The van der Waals surface area contributed by atoms with Gasteiger partial charge in [0.25, 0.3) is 0 Å². The van der Waals surface area contributed by atoms with Gasteiger partial charge in [0.1, 0.15) is 5.01 Å². The van der Waals surface area contributed by atoms with Crippen LogP contribution in [0.2, 0.25) is 0 Å². The SMILES string of the molecule is CCc1nnc2sc(CC(C)c3ccc(N)cc3)nn12. The maximum absolute atomic E-state index is 5.72. The molecule has 3 rings (SSSR count). The fourth-order valence-electron chi connectivity index (χ4n) is 2.20. The van der Waals surface area contributed by atoms with Gasteiger partial charge in [-0.3, -0.25) is 0 Å². The van der Waals surface area contributed by atoms with E-state index in [1.54, 1.807) is 11.3 Å². The van der Waals surface area contributed by atoms with Crippen LogP contribution < -0.4 is 5.73 Å². The van der Waals surface area contributed by atoms with E-state index in [4.69, 9.17) is 5.73 Å². The second-order valence-corrected chi connectivity index (χ2v) is 5.97. The number of nitrogen functional groups attached to an aromatic ring is 1. The highest BCUT2D eigenvalue weighted by atomic mass is 32.1. The molecule has 0 saturated heterocycles. The van der Waals surface area contributed by atoms with Crippen molar-refractivity contribution in [2.45, 2.75) is 32.6 Å². The van der Waals surface area contributed by atoms with E-state index in [1.165, 1.54) is 5.56 Å². The van der Waals surface area contributed by atoms with Crippen molar-refractivity contribution >= 4 is 22.0 Å². The van der Waals surface area contributed by atoms with Gasteiger partial charge in [0.15, 0.2) is 5.82 Å². The van der Waals surface area contributed by atoms with Crippen LogP contribution in [0, 0.1) is 0 Å². The first kappa shape index (κ1) is 13.1. The molecule has 6 heteroatoms. The highest BCUT2D eigenvalue weighted by molar-refractivity contribution is 7.16. The minimum Gasteiger partial charge on any atom is -0.399 e. The number of hydrogen-bond donors (Lipinski definition) is 1. The minimum absolute atomic E-state index is 0.407. The molecule has 5 nitrogen and oxygen atoms in total. The van der Waals surface area contributed by atoms with Crippen molar-refractivity contribution in [2.75, 3.05) is 5.73 Å². The van der Waals surface area contributed by atoms with Crippen LogP contribution in [0.25, 0.3) is 4.96 Å². The first-order valence-electron chi connectivity index (χ1n) is 6.72. The Labute approximate surface area is 121 Å². The van der Waals surface area contributed by atoms with Gasteiger partial charge >= 0.3 is 0 Å². The Bertz CT molecular complexity index is 713. The summed E-state index contributed by atoms with van der Waals surface area (Å²) in [5, 5.41) is 14.0. The lowest BCUT2D eigenvalue weighted by Gasteiger charge is -2.09. The predicted molar refractivity (Wildman–Crippen MR) is 81.0 cm³/mol. The lowest BCUT2D eigenvalue weighted by atomic mass is 9.98. The molecule has 2 N–H and O–H groups in total. The number of aromatic nitrogens is 4. The first-order chi connectivity index (χ1) is 9.67. The molecular formula is C14H17N5S. The zero-order chi connectivity index (χ0) is 14.1. The zero-order valence-corrected chi connectivity index (χ0v) is 12.4. The molecule has 0 spiro atoms. The van der Waals surface area contributed by atoms with Crippen molar-refractivity contribution in [1.29, 1.82) is 0 Å². The molecule has 1 aromatic carbocycles. The monoisotopic (exact) mass is 287 g/mol. The second kappa shape index (κ2) is 5.20. The smallest absolute Gasteiger partial charge is 0.234 e. The maximum atomic E-state index is 5.72. The zero-order valence-electron chi connectivity index (χ0n) is 11.6. The molecule has 0 amide bonds. The largest absolute Gasteiger partial charge is 0.399 e. The van der Waals surface area contributed by atoms with Gasteiger partial charge in [0.05, 0.1) is 0 Å². The van der Waals surface area contributed by atoms with Gasteiger partial charge in [-0.15, -0.1) is 10.2 Å². The molecule has 1 unspecified atom stereocenters. The normalized spacial score (nSPS) is 12.9. The van der Waals surface area contributed by atoms with Gasteiger partial charge in [-0.05, 0) is 23.6 Å². The molecule has 3 aromatic rings. The maximum Gasteiger partial charge on any atom is 0.234 e. The van der Waals surface area contributed by atoms with Crippen molar-refractivity contribution in [3.05, 3.63) is 40.7 Å². The van der Waals surface area contributed by atoms with Gasteiger partial charge < -0.3 is 5.73 Å². The van der Waals surface area contributed by atoms with Crippen molar-refractivity contribution in [3.63, 3.8) is 0 Å². The summed E-state index contributed by atoms with van der Waals surface area (Å²) >= 11 is 1.61. The van der Waals surface area contributed by atoms with Crippen LogP contribution in [0.5, 0.6) is 0 Å². The summed E-state index contributed by atoms with van der Waals surface area (Å²) in [4.78, 5) is 0.876. The third-order valence-corrected chi connectivity index (χ3v) is 4.32. The summed E-state index contributed by atoms with van der Waals surface area (Å²) < 4.78 is 1.86. The van der Waals surface area contributed by atoms with Crippen molar-refractivity contribution in [1.82, 2.24) is 19.8 Å². The van der Waals surface area contributed by atoms with Gasteiger partial charge in [-0.25, -0.2) is 0 Å². The molecule has 0 saturated carbocycles. The van der Waals surface area contributed by atoms with Crippen LogP contribution in [0.1, 0.15) is 36.2 Å². The Morgan fingerprint density at radius 2 is 2.00 bits per heavy atom. The molecule has 20 heavy (non-hydrogen) atoms. The number of rotatable bonds is 4. The van der Waals surface area contributed by atoms with Gasteiger partial charge in [0.2, 0.25) is 4.96 Å². The van der Waals surface area contributed by atoms with Crippen molar-refractivity contribution in [3.8, 4) is 0 Å². The minimum atomic E-state index is 0.407. The average molecular weight is 287 g/mol. The van der Waals surface area contributed by atoms with Crippen molar-refractivity contribution < 1.29 is 0 Å². The van der Waals surface area contributed by atoms with Crippen LogP contribution in [-0.2, 0) is 12.8 Å². The summed E-state index contributed by atoms with van der Waals surface area (Å²) in [6.07, 6.45) is 1.75. The average Bonchev–Trinajstić information content (AvgIpc) is 2.98. The number of fused-ring (bicyclic) bond motifs is 1. The van der Waals surface area contributed by atoms with Crippen LogP contribution in [0.4, 0.5) is 5.69 Å². The Hall–Kier alpha value is -1.95. The molecule has 104 valence electrons. The lowest BCUT2D eigenvalue weighted by Crippen LogP contribution is -2.00. The van der Waals surface area contributed by atoms with E-state index in [1.807, 2.05) is 16.6 Å². The highest BCUT2D eigenvalue weighted by Crippen LogP contribution is 2.24. The van der Waals surface area contributed by atoms with Gasteiger partial charge in [0, 0.05) is 18.5 Å². The van der Waals surface area contributed by atoms with Crippen LogP contribution >= 0.6 is 11.3 Å². The third-order valence-electron chi connectivity index (χ3n) is 3.40. The van der Waals surface area contributed by atoms with E-state index in [9.17, 15) is 0 Å². The van der Waals surface area contributed by atoms with Crippen LogP contribution in [0.3, 0.4) is 0 Å². The molecule has 0 aliphatic heterocycles. The molecule has 0 aliphatic carbocycles. The Balaban J connectivity index is 1.81. The fraction of sp³-hybridized carbons (Fsp3) is 0.357. The molecule has 0 aliphatic rings. The number of nitrogens with zero attached hydrogens (tertiary/aromatic N) is 4. The summed E-state index contributed by atoms with van der Waals surface area (Å²) in [5.41, 5.74) is 7.80. The summed E-state index contributed by atoms with van der Waals surface area (Å²) in [5.74, 6) is 1.33. The molecule has 1 atom stereocenters. The highest BCUT2D eigenvalue weighted by Gasteiger charge is 2.13. The van der Waals surface area contributed by atoms with Crippen molar-refractivity contribution in [2.24, 2.45) is 0 Å². The molecule has 2 heterocycles. The van der Waals surface area contributed by atoms with E-state index in [2.05, 4.69) is 41.3 Å². The fourth-order valence-corrected chi connectivity index (χ4v) is 3.19. The quantitative estimate of drug-likeness (QED) is 0.749. The van der Waals surface area contributed by atoms with E-state index < -0.39 is 0 Å². The topological polar surface area (TPSA) is 69.1 Å². The number of benzene rings is 1. The standard InChI is InChI=1S/C14H17N5S/c1-3-12-16-17-14-19(12)18-13(20-14)8-9(2)10-4-6-11(15)7-5-10/h4-7,9H,3,8,15H2,1-2H3. The summed E-state index contributed by atoms with van der Waals surface area (Å²) in [6, 6.07) is 8.05. The number of hydrogen-bond acceptors (Lipinski definition) is 5. The third kappa shape index (κ3) is 2.38. The molecule has 0 bridgehead atoms. The molecule has 0 fully saturated rings. The Morgan fingerprint density at radius 1 is 1.25 bits per heavy atom. The molecule has 0 radical (unpaired) electrons. The number of anilines is 1. The Kier molecular flexibility index (Phi) is 3.40. The van der Waals surface area contributed by atoms with Gasteiger partial charge in [-0.2, -0.15) is 9.61 Å². The van der Waals surface area contributed by atoms with E-state index in [0.29, 0.717) is 5.92 Å². The molecule has 2 aromatic heterocycles. The van der Waals surface area contributed by atoms with Gasteiger partial charge in [-0.1, -0.05) is 37.3 Å². The first-order valence-corrected chi connectivity index (χ1v) is 7.54. The predicted octanol–water partition coefficient (Wildman–Crippen LogP) is 2.68. The van der Waals surface area contributed by atoms with Crippen LogP contribution in [-0.4, -0.2) is 19.8 Å². The van der Waals surface area contributed by atoms with E-state index in [0.717, 1.165) is 34.3 Å². The van der Waals surface area contributed by atoms with Crippen LogP contribution in [0.15, 0.2) is 24.3 Å².